The predicted octanol–water partition coefficient (Wildman–Crippen LogP) is 2.31. The van der Waals surface area contributed by atoms with Crippen LogP contribution in [0.15, 0.2) is 24.5 Å². The summed E-state index contributed by atoms with van der Waals surface area (Å²) in [6.45, 7) is 8.29. The van der Waals surface area contributed by atoms with E-state index in [-0.39, 0.29) is 6.03 Å². The van der Waals surface area contributed by atoms with Crippen LogP contribution in [0.2, 0.25) is 0 Å². The molecule has 3 rings (SSSR count). The topological polar surface area (TPSA) is 48.5 Å². The number of hydrogen-bond acceptors (Lipinski definition) is 3. The Morgan fingerprint density at radius 1 is 1.26 bits per heavy atom. The summed E-state index contributed by atoms with van der Waals surface area (Å²) in [7, 11) is 0. The number of carbonyl (C=O) groups is 1. The molecule has 0 aliphatic carbocycles. The highest BCUT2D eigenvalue weighted by atomic mass is 16.2. The van der Waals surface area contributed by atoms with Gasteiger partial charge in [-0.15, -0.1) is 0 Å². The molecule has 0 unspecified atom stereocenters. The van der Waals surface area contributed by atoms with Crippen molar-refractivity contribution in [3.8, 4) is 0 Å². The molecule has 0 radical (unpaired) electrons. The zero-order chi connectivity index (χ0) is 16.1. The van der Waals surface area contributed by atoms with Crippen LogP contribution >= 0.6 is 0 Å². The van der Waals surface area contributed by atoms with Crippen LogP contribution in [-0.4, -0.2) is 60.1 Å². The lowest BCUT2D eigenvalue weighted by atomic mass is 9.92. The van der Waals surface area contributed by atoms with Gasteiger partial charge in [-0.25, -0.2) is 4.79 Å². The summed E-state index contributed by atoms with van der Waals surface area (Å²) in [4.78, 5) is 20.6. The molecule has 23 heavy (non-hydrogen) atoms. The summed E-state index contributed by atoms with van der Waals surface area (Å²) in [5.41, 5.74) is 1.28. The second-order valence-corrected chi connectivity index (χ2v) is 6.78. The van der Waals surface area contributed by atoms with Crippen molar-refractivity contribution in [2.45, 2.75) is 32.1 Å². The largest absolute Gasteiger partial charge is 0.338 e. The number of amides is 2. The van der Waals surface area contributed by atoms with Crippen molar-refractivity contribution >= 4 is 6.03 Å². The first-order chi connectivity index (χ1) is 11.3. The second-order valence-electron chi connectivity index (χ2n) is 6.78. The van der Waals surface area contributed by atoms with Crippen LogP contribution in [0.1, 0.15) is 37.7 Å². The number of urea groups is 1. The Labute approximate surface area is 139 Å². The fraction of sp³-hybridized carbons (Fsp3) is 0.667. The van der Waals surface area contributed by atoms with Crippen LogP contribution in [0.5, 0.6) is 0 Å². The van der Waals surface area contributed by atoms with Gasteiger partial charge in [0.2, 0.25) is 0 Å². The zero-order valence-corrected chi connectivity index (χ0v) is 14.1. The van der Waals surface area contributed by atoms with E-state index < -0.39 is 0 Å². The number of rotatable bonds is 5. The van der Waals surface area contributed by atoms with Crippen molar-refractivity contribution in [1.29, 1.82) is 0 Å². The molecule has 1 aromatic rings. The van der Waals surface area contributed by atoms with Gasteiger partial charge >= 0.3 is 6.03 Å². The first-order valence-electron chi connectivity index (χ1n) is 8.91. The third kappa shape index (κ3) is 4.22. The maximum absolute atomic E-state index is 12.1. The van der Waals surface area contributed by atoms with Crippen LogP contribution in [0.4, 0.5) is 4.79 Å². The quantitative estimate of drug-likeness (QED) is 0.907. The van der Waals surface area contributed by atoms with Gasteiger partial charge in [-0.05, 0) is 62.5 Å². The van der Waals surface area contributed by atoms with Gasteiger partial charge in [-0.2, -0.15) is 0 Å². The van der Waals surface area contributed by atoms with E-state index in [0.717, 1.165) is 38.5 Å². The molecule has 0 aromatic carbocycles. The standard InChI is InChI=1S/C18H28N4O/c1-2-21-11-6-15(7-12-21)3-10-20-18(23)22-13-17(14-22)16-4-8-19-9-5-16/h4-5,8-9,15,17H,2-3,6-7,10-14H2,1H3,(H,20,23). The predicted molar refractivity (Wildman–Crippen MR) is 91.4 cm³/mol. The van der Waals surface area contributed by atoms with Crippen molar-refractivity contribution < 1.29 is 4.79 Å². The van der Waals surface area contributed by atoms with Gasteiger partial charge in [-0.1, -0.05) is 6.92 Å². The second kappa shape index (κ2) is 7.77. The fourth-order valence-corrected chi connectivity index (χ4v) is 3.58. The molecule has 2 fully saturated rings. The molecule has 2 saturated heterocycles. The van der Waals surface area contributed by atoms with E-state index in [9.17, 15) is 4.79 Å². The Hall–Kier alpha value is -1.62. The molecular weight excluding hydrogens is 288 g/mol. The fourth-order valence-electron chi connectivity index (χ4n) is 3.58. The normalized spacial score (nSPS) is 20.3. The molecule has 3 heterocycles. The van der Waals surface area contributed by atoms with Crippen molar-refractivity contribution in [3.05, 3.63) is 30.1 Å². The molecule has 0 atom stereocenters. The number of carbonyl (C=O) groups excluding carboxylic acids is 1. The molecule has 0 spiro atoms. The van der Waals surface area contributed by atoms with E-state index in [1.165, 1.54) is 31.5 Å². The number of likely N-dealkylation sites (tertiary alicyclic amines) is 2. The van der Waals surface area contributed by atoms with E-state index in [1.54, 1.807) is 0 Å². The van der Waals surface area contributed by atoms with Gasteiger partial charge in [0.05, 0.1) is 0 Å². The summed E-state index contributed by atoms with van der Waals surface area (Å²) >= 11 is 0. The molecule has 1 N–H and O–H groups in total. The summed E-state index contributed by atoms with van der Waals surface area (Å²) in [5, 5.41) is 3.09. The highest BCUT2D eigenvalue weighted by Crippen LogP contribution is 2.26. The van der Waals surface area contributed by atoms with Crippen molar-refractivity contribution in [3.63, 3.8) is 0 Å². The Balaban J connectivity index is 1.31. The van der Waals surface area contributed by atoms with E-state index in [2.05, 4.69) is 22.1 Å². The molecule has 2 aliphatic heterocycles. The van der Waals surface area contributed by atoms with Crippen LogP contribution in [0.25, 0.3) is 0 Å². The maximum atomic E-state index is 12.1. The lowest BCUT2D eigenvalue weighted by Gasteiger charge is -2.39. The molecule has 5 nitrogen and oxygen atoms in total. The van der Waals surface area contributed by atoms with E-state index in [4.69, 9.17) is 0 Å². The van der Waals surface area contributed by atoms with E-state index in [0.29, 0.717) is 5.92 Å². The summed E-state index contributed by atoms with van der Waals surface area (Å²) < 4.78 is 0. The van der Waals surface area contributed by atoms with Crippen molar-refractivity contribution in [2.24, 2.45) is 5.92 Å². The van der Waals surface area contributed by atoms with Crippen LogP contribution < -0.4 is 5.32 Å². The van der Waals surface area contributed by atoms with Gasteiger partial charge in [0.15, 0.2) is 0 Å². The summed E-state index contributed by atoms with van der Waals surface area (Å²) in [6, 6.07) is 4.19. The van der Waals surface area contributed by atoms with E-state index in [1.807, 2.05) is 29.4 Å². The highest BCUT2D eigenvalue weighted by molar-refractivity contribution is 5.75. The number of nitrogens with zero attached hydrogens (tertiary/aromatic N) is 3. The van der Waals surface area contributed by atoms with Gasteiger partial charge in [0.1, 0.15) is 0 Å². The number of pyridine rings is 1. The maximum Gasteiger partial charge on any atom is 0.317 e. The molecule has 2 amide bonds. The number of nitrogens with one attached hydrogen (secondary N) is 1. The molecule has 0 bridgehead atoms. The van der Waals surface area contributed by atoms with Gasteiger partial charge in [0.25, 0.3) is 0 Å². The average Bonchev–Trinajstić information content (AvgIpc) is 2.55. The first-order valence-corrected chi connectivity index (χ1v) is 8.91. The Morgan fingerprint density at radius 2 is 1.96 bits per heavy atom. The van der Waals surface area contributed by atoms with Gasteiger partial charge in [-0.3, -0.25) is 4.98 Å². The van der Waals surface area contributed by atoms with Crippen LogP contribution in [-0.2, 0) is 0 Å². The van der Waals surface area contributed by atoms with Gasteiger partial charge < -0.3 is 15.1 Å². The molecule has 5 heteroatoms. The minimum Gasteiger partial charge on any atom is -0.338 e. The average molecular weight is 316 g/mol. The third-order valence-electron chi connectivity index (χ3n) is 5.33. The molecule has 2 aliphatic rings. The Morgan fingerprint density at radius 3 is 2.61 bits per heavy atom. The third-order valence-corrected chi connectivity index (χ3v) is 5.33. The lowest BCUT2D eigenvalue weighted by molar-refractivity contribution is 0.149. The monoisotopic (exact) mass is 316 g/mol. The Bertz CT molecular complexity index is 493. The number of aromatic nitrogens is 1. The lowest BCUT2D eigenvalue weighted by Crippen LogP contribution is -2.52. The molecule has 126 valence electrons. The molecule has 1 aromatic heterocycles. The number of hydrogen-bond donors (Lipinski definition) is 1. The van der Waals surface area contributed by atoms with Crippen LogP contribution in [0.3, 0.4) is 0 Å². The van der Waals surface area contributed by atoms with Crippen molar-refractivity contribution in [2.75, 3.05) is 39.3 Å². The first kappa shape index (κ1) is 16.2. The highest BCUT2D eigenvalue weighted by Gasteiger charge is 2.31. The van der Waals surface area contributed by atoms with E-state index >= 15 is 0 Å². The summed E-state index contributed by atoms with van der Waals surface area (Å²) in [5.74, 6) is 1.25. The molecular formula is C18H28N4O. The minimum absolute atomic E-state index is 0.0984. The SMILES string of the molecule is CCN1CCC(CCNC(=O)N2CC(c3ccncc3)C2)CC1. The summed E-state index contributed by atoms with van der Waals surface area (Å²) in [6.07, 6.45) is 7.31. The van der Waals surface area contributed by atoms with Gasteiger partial charge in [0, 0.05) is 37.9 Å². The Kier molecular flexibility index (Phi) is 5.49. The minimum atomic E-state index is 0.0984. The number of piperidine rings is 1. The smallest absolute Gasteiger partial charge is 0.317 e. The molecule has 0 saturated carbocycles. The zero-order valence-electron chi connectivity index (χ0n) is 14.1. The van der Waals surface area contributed by atoms with Crippen molar-refractivity contribution in [1.82, 2.24) is 20.1 Å². The van der Waals surface area contributed by atoms with Crippen LogP contribution in [0, 0.1) is 5.92 Å².